The van der Waals surface area contributed by atoms with Gasteiger partial charge >= 0.3 is 0 Å². The largest absolute Gasteiger partial charge is 0.316 e. The van der Waals surface area contributed by atoms with Gasteiger partial charge < -0.3 is 5.32 Å². The second-order valence-electron chi connectivity index (χ2n) is 2.61. The molecular weight excluding hydrogens is 168 g/mol. The Morgan fingerprint density at radius 3 is 3.08 bits per heavy atom. The quantitative estimate of drug-likeness (QED) is 0.571. The van der Waals surface area contributed by atoms with Gasteiger partial charge in [0, 0.05) is 4.88 Å². The predicted molar refractivity (Wildman–Crippen MR) is 50.7 cm³/mol. The van der Waals surface area contributed by atoms with Crippen LogP contribution in [0.25, 0.3) is 0 Å². The molecule has 0 aliphatic rings. The third kappa shape index (κ3) is 2.24. The molecular formula is C9H12N2S. The first-order valence-corrected chi connectivity index (χ1v) is 4.94. The Balaban J connectivity index is 2.61. The van der Waals surface area contributed by atoms with Crippen molar-refractivity contribution in [3.8, 4) is 6.19 Å². The second kappa shape index (κ2) is 4.78. The fourth-order valence-electron chi connectivity index (χ4n) is 1.14. The van der Waals surface area contributed by atoms with E-state index in [1.54, 1.807) is 11.3 Å². The van der Waals surface area contributed by atoms with Crippen molar-refractivity contribution < 1.29 is 0 Å². The zero-order chi connectivity index (χ0) is 8.81. The minimum atomic E-state index is 0.222. The monoisotopic (exact) mass is 180 g/mol. The van der Waals surface area contributed by atoms with E-state index in [-0.39, 0.29) is 6.04 Å². The number of nitriles is 1. The minimum absolute atomic E-state index is 0.222. The van der Waals surface area contributed by atoms with Gasteiger partial charge in [-0.3, -0.25) is 0 Å². The minimum Gasteiger partial charge on any atom is -0.316 e. The van der Waals surface area contributed by atoms with Gasteiger partial charge in [-0.1, -0.05) is 19.4 Å². The SMILES string of the molecule is CCCC(NC#N)c1cccs1. The number of rotatable bonds is 4. The van der Waals surface area contributed by atoms with Crippen molar-refractivity contribution in [1.82, 2.24) is 5.32 Å². The van der Waals surface area contributed by atoms with Gasteiger partial charge in [-0.25, -0.2) is 0 Å². The fourth-order valence-corrected chi connectivity index (χ4v) is 1.95. The van der Waals surface area contributed by atoms with Crippen molar-refractivity contribution >= 4 is 11.3 Å². The van der Waals surface area contributed by atoms with Crippen LogP contribution < -0.4 is 5.32 Å². The van der Waals surface area contributed by atoms with Gasteiger partial charge in [0.2, 0.25) is 0 Å². The molecule has 0 aliphatic carbocycles. The molecule has 0 aliphatic heterocycles. The van der Waals surface area contributed by atoms with Gasteiger partial charge in [0.05, 0.1) is 6.04 Å². The standard InChI is InChI=1S/C9H12N2S/c1-2-4-8(11-7-10)9-5-3-6-12-9/h3,5-6,8,11H,2,4H2,1H3. The van der Waals surface area contributed by atoms with Gasteiger partial charge in [-0.05, 0) is 17.9 Å². The molecule has 64 valence electrons. The lowest BCUT2D eigenvalue weighted by molar-refractivity contribution is 0.578. The van der Waals surface area contributed by atoms with E-state index in [1.807, 2.05) is 17.6 Å². The molecule has 1 aromatic heterocycles. The molecule has 0 spiro atoms. The van der Waals surface area contributed by atoms with E-state index in [2.05, 4.69) is 18.3 Å². The third-order valence-electron chi connectivity index (χ3n) is 1.70. The molecule has 1 heterocycles. The number of nitrogens with zero attached hydrogens (tertiary/aromatic N) is 1. The van der Waals surface area contributed by atoms with Crippen molar-refractivity contribution in [1.29, 1.82) is 5.26 Å². The maximum atomic E-state index is 8.51. The molecule has 2 nitrogen and oxygen atoms in total. The Hall–Kier alpha value is -1.01. The van der Waals surface area contributed by atoms with Crippen molar-refractivity contribution in [3.05, 3.63) is 22.4 Å². The van der Waals surface area contributed by atoms with Crippen LogP contribution in [0.1, 0.15) is 30.7 Å². The molecule has 12 heavy (non-hydrogen) atoms. The Kier molecular flexibility index (Phi) is 3.62. The topological polar surface area (TPSA) is 35.8 Å². The molecule has 3 heteroatoms. The predicted octanol–water partition coefficient (Wildman–Crippen LogP) is 2.66. The van der Waals surface area contributed by atoms with E-state index in [4.69, 9.17) is 5.26 Å². The zero-order valence-corrected chi connectivity index (χ0v) is 7.90. The number of nitrogens with one attached hydrogen (secondary N) is 1. The summed E-state index contributed by atoms with van der Waals surface area (Å²) < 4.78 is 0. The summed E-state index contributed by atoms with van der Waals surface area (Å²) in [5.74, 6) is 0. The summed E-state index contributed by atoms with van der Waals surface area (Å²) in [6.45, 7) is 2.12. The molecule has 0 amide bonds. The van der Waals surface area contributed by atoms with Gasteiger partial charge in [0.1, 0.15) is 0 Å². The molecule has 0 fully saturated rings. The summed E-state index contributed by atoms with van der Waals surface area (Å²) in [5, 5.41) is 13.3. The van der Waals surface area contributed by atoms with Crippen molar-refractivity contribution in [2.75, 3.05) is 0 Å². The Labute approximate surface area is 76.8 Å². The molecule has 0 radical (unpaired) electrons. The van der Waals surface area contributed by atoms with Crippen molar-refractivity contribution in [2.24, 2.45) is 0 Å². The normalized spacial score (nSPS) is 12.0. The van der Waals surface area contributed by atoms with Crippen LogP contribution in [0.4, 0.5) is 0 Å². The second-order valence-corrected chi connectivity index (χ2v) is 3.59. The van der Waals surface area contributed by atoms with Crippen LogP contribution in [0.15, 0.2) is 17.5 Å². The van der Waals surface area contributed by atoms with E-state index in [0.717, 1.165) is 12.8 Å². The summed E-state index contributed by atoms with van der Waals surface area (Å²) >= 11 is 1.70. The van der Waals surface area contributed by atoms with E-state index < -0.39 is 0 Å². The van der Waals surface area contributed by atoms with Crippen LogP contribution >= 0.6 is 11.3 Å². The fraction of sp³-hybridized carbons (Fsp3) is 0.444. The zero-order valence-electron chi connectivity index (χ0n) is 7.08. The first kappa shape index (κ1) is 9.08. The van der Waals surface area contributed by atoms with Crippen molar-refractivity contribution in [2.45, 2.75) is 25.8 Å². The maximum Gasteiger partial charge on any atom is 0.177 e. The van der Waals surface area contributed by atoms with Crippen LogP contribution in [-0.4, -0.2) is 0 Å². The molecule has 0 saturated heterocycles. The molecule has 0 bridgehead atoms. The number of hydrogen-bond acceptors (Lipinski definition) is 3. The molecule has 1 rings (SSSR count). The highest BCUT2D eigenvalue weighted by atomic mass is 32.1. The summed E-state index contributed by atoms with van der Waals surface area (Å²) in [7, 11) is 0. The summed E-state index contributed by atoms with van der Waals surface area (Å²) in [5.41, 5.74) is 0. The average molecular weight is 180 g/mol. The highest BCUT2D eigenvalue weighted by Crippen LogP contribution is 2.22. The van der Waals surface area contributed by atoms with E-state index in [1.165, 1.54) is 4.88 Å². The van der Waals surface area contributed by atoms with Gasteiger partial charge in [-0.2, -0.15) is 5.26 Å². The van der Waals surface area contributed by atoms with E-state index >= 15 is 0 Å². The van der Waals surface area contributed by atoms with E-state index in [9.17, 15) is 0 Å². The van der Waals surface area contributed by atoms with Crippen molar-refractivity contribution in [3.63, 3.8) is 0 Å². The molecule has 1 atom stereocenters. The lowest BCUT2D eigenvalue weighted by Gasteiger charge is -2.11. The van der Waals surface area contributed by atoms with Gasteiger partial charge in [0.25, 0.3) is 0 Å². The molecule has 0 aromatic carbocycles. The number of thiophene rings is 1. The molecule has 1 N–H and O–H groups in total. The van der Waals surface area contributed by atoms with Crippen LogP contribution in [0.3, 0.4) is 0 Å². The summed E-state index contributed by atoms with van der Waals surface area (Å²) in [6, 6.07) is 4.30. The van der Waals surface area contributed by atoms with E-state index in [0.29, 0.717) is 0 Å². The third-order valence-corrected chi connectivity index (χ3v) is 2.69. The highest BCUT2D eigenvalue weighted by Gasteiger charge is 2.09. The Morgan fingerprint density at radius 1 is 1.75 bits per heavy atom. The summed E-state index contributed by atoms with van der Waals surface area (Å²) in [6.07, 6.45) is 4.11. The molecule has 0 saturated carbocycles. The van der Waals surface area contributed by atoms with Gasteiger partial charge in [0.15, 0.2) is 6.19 Å². The lowest BCUT2D eigenvalue weighted by atomic mass is 10.1. The van der Waals surface area contributed by atoms with Crippen LogP contribution in [0, 0.1) is 11.5 Å². The summed E-state index contributed by atoms with van der Waals surface area (Å²) in [4.78, 5) is 1.25. The Morgan fingerprint density at radius 2 is 2.58 bits per heavy atom. The average Bonchev–Trinajstić information content (AvgIpc) is 2.56. The van der Waals surface area contributed by atoms with Gasteiger partial charge in [-0.15, -0.1) is 11.3 Å². The number of hydrogen-bond donors (Lipinski definition) is 1. The Bertz CT molecular complexity index is 248. The maximum absolute atomic E-state index is 8.51. The smallest absolute Gasteiger partial charge is 0.177 e. The van der Waals surface area contributed by atoms with Crippen LogP contribution in [0.2, 0.25) is 0 Å². The first-order chi connectivity index (χ1) is 5.88. The van der Waals surface area contributed by atoms with Crippen LogP contribution in [-0.2, 0) is 0 Å². The first-order valence-electron chi connectivity index (χ1n) is 4.06. The van der Waals surface area contributed by atoms with Crippen LogP contribution in [0.5, 0.6) is 0 Å². The molecule has 1 unspecified atom stereocenters. The molecule has 1 aromatic rings. The highest BCUT2D eigenvalue weighted by molar-refractivity contribution is 7.10. The lowest BCUT2D eigenvalue weighted by Crippen LogP contribution is -2.13.